The molecular weight excluding hydrogens is 1660 g/mol. The number of phenolic OH excluding ortho intramolecular Hbond substituents is 1. The number of aromatic amines is 1. The molecule has 0 bridgehead atoms. The molecule has 0 atom stereocenters. The second kappa shape index (κ2) is 57.2. The molecule has 0 saturated heterocycles. The van der Waals surface area contributed by atoms with Crippen molar-refractivity contribution >= 4 is 112 Å². The summed E-state index contributed by atoms with van der Waals surface area (Å²) >= 11 is 0. The number of esters is 4. The van der Waals surface area contributed by atoms with Gasteiger partial charge in [0, 0.05) is 117 Å². The molecule has 9 rings (SSSR count). The van der Waals surface area contributed by atoms with E-state index in [1.807, 2.05) is 117 Å². The van der Waals surface area contributed by atoms with Crippen molar-refractivity contribution in [1.29, 1.82) is 0 Å². The molecule has 8 aromatic carbocycles. The van der Waals surface area contributed by atoms with Crippen molar-refractivity contribution in [2.75, 3.05) is 84.3 Å². The molecule has 37 heteroatoms. The minimum Gasteiger partial charge on any atom is -0.507 e. The number of ether oxygens (including phenoxy) is 8. The van der Waals surface area contributed by atoms with Gasteiger partial charge in [-0.25, -0.2) is 19.2 Å². The van der Waals surface area contributed by atoms with Gasteiger partial charge in [0.2, 0.25) is 17.6 Å². The van der Waals surface area contributed by atoms with E-state index >= 15 is 0 Å². The van der Waals surface area contributed by atoms with Crippen LogP contribution in [0.1, 0.15) is 137 Å². The number of nitrogens with one attached hydrogen (secondary N) is 4. The maximum Gasteiger partial charge on any atom is 0.384 e. The Morgan fingerprint density at radius 3 is 1.27 bits per heavy atom. The number of nitrogen functional groups attached to an aromatic ring is 2. The van der Waals surface area contributed by atoms with Crippen molar-refractivity contribution in [1.82, 2.24) is 4.98 Å². The van der Waals surface area contributed by atoms with Crippen LogP contribution < -0.4 is 51.8 Å². The zero-order chi connectivity index (χ0) is 95.2. The zero-order valence-electron chi connectivity index (χ0n) is 75.6. The van der Waals surface area contributed by atoms with E-state index in [-0.39, 0.29) is 92.3 Å². The van der Waals surface area contributed by atoms with Gasteiger partial charge in [-0.1, -0.05) is 57.3 Å². The van der Waals surface area contributed by atoms with Crippen LogP contribution in [0.25, 0.3) is 10.9 Å². The third kappa shape index (κ3) is 35.5. The summed E-state index contributed by atoms with van der Waals surface area (Å²) < 4.78 is 38.8. The molecule has 2 amide bonds. The number of aromatic nitrogens is 1. The fourth-order valence-corrected chi connectivity index (χ4v) is 11.4. The molecule has 0 fully saturated rings. The molecule has 9 N–H and O–H groups in total. The number of fused-ring (bicyclic) bond motifs is 1. The van der Waals surface area contributed by atoms with Crippen LogP contribution in [0.4, 0.5) is 55.9 Å². The number of rotatable bonds is 15. The van der Waals surface area contributed by atoms with Gasteiger partial charge in [0.05, 0.1) is 111 Å². The molecule has 0 aliphatic heterocycles. The zero-order valence-corrected chi connectivity index (χ0v) is 75.6. The number of H-pyrrole nitrogens is 1. The smallest absolute Gasteiger partial charge is 0.384 e. The fraction of sp³-hybridized carbons (Fsp3) is 0.319. The molecule has 128 heavy (non-hydrogen) atoms. The number of nitro benzene ring substituents is 4. The van der Waals surface area contributed by atoms with E-state index in [1.54, 1.807) is 86.3 Å². The monoisotopic (exact) mass is 1780 g/mol. The largest absolute Gasteiger partial charge is 0.507 e. The maximum absolute atomic E-state index is 12.1. The second-order valence-corrected chi connectivity index (χ2v) is 27.0. The van der Waals surface area contributed by atoms with E-state index in [0.717, 1.165) is 84.4 Å². The maximum atomic E-state index is 12.1. The van der Waals surface area contributed by atoms with Gasteiger partial charge in [-0.15, -0.1) is 0 Å². The molecule has 3 radical (unpaired) electrons. The Morgan fingerprint density at radius 1 is 0.445 bits per heavy atom. The summed E-state index contributed by atoms with van der Waals surface area (Å²) in [6.07, 6.45) is 1.04. The number of ketones is 1. The first-order chi connectivity index (χ1) is 57.9. The van der Waals surface area contributed by atoms with Crippen LogP contribution in [0.2, 0.25) is 0 Å². The molecule has 0 spiro atoms. The third-order valence-corrected chi connectivity index (χ3v) is 18.0. The topological polar surface area (TPSA) is 507 Å². The number of nitro groups is 4. The number of phenols is 1. The van der Waals surface area contributed by atoms with Crippen molar-refractivity contribution in [3.63, 3.8) is 0 Å². The number of benzene rings is 8. The SMILES string of the molecule is C.C.CC(=O)Nc1c(C)ccc([N+](=O)[O-])c1C.CC(=O)Nc1c(C)cccc1C.COC(=O)/C=C(\Nc1ccc(C)c(OC)c1C)C(=O)OC.COC(=O)C#CC(C)=O.COC(=O)c1cc(=O)c2cc(C)c(OC)c(C)c2[nH]1.COc1c(C)ccc(N)c1C.COc1c(C)ccc([N+](=O)[O-])c1C.Cc1ccc([N+](=O)[O-])c(C)c1N.Cc1ccc([N+](=O)[O-])c(C)c1O.F.[2HH].[B]. The van der Waals surface area contributed by atoms with Crippen LogP contribution in [0.5, 0.6) is 28.7 Å². The van der Waals surface area contributed by atoms with Gasteiger partial charge < -0.3 is 75.4 Å². The van der Waals surface area contributed by atoms with Gasteiger partial charge in [-0.3, -0.25) is 64.3 Å². The molecule has 0 aliphatic rings. The molecule has 693 valence electrons. The molecular formula is C91H119BFN10O25. The number of carbonyl (C=O) groups excluding carboxylic acids is 7. The molecule has 0 unspecified atom stereocenters. The number of carbonyl (C=O) groups is 7. The highest BCUT2D eigenvalue weighted by atomic mass is 19.0. The Labute approximate surface area is 747 Å². The summed E-state index contributed by atoms with van der Waals surface area (Å²) in [4.78, 5) is 132. The summed E-state index contributed by atoms with van der Waals surface area (Å²) in [7, 11) is 11.3. The number of hydrogen-bond acceptors (Lipinski definition) is 28. The number of aromatic hydroxyl groups is 1. The van der Waals surface area contributed by atoms with Gasteiger partial charge in [0.1, 0.15) is 40.1 Å². The summed E-state index contributed by atoms with van der Waals surface area (Å²) in [5.41, 5.74) is 28.3. The van der Waals surface area contributed by atoms with Crippen molar-refractivity contribution in [3.8, 4) is 40.6 Å². The molecule has 9 aromatic rings. The van der Waals surface area contributed by atoms with E-state index in [9.17, 15) is 83.9 Å². The van der Waals surface area contributed by atoms with E-state index < -0.39 is 43.6 Å². The van der Waals surface area contributed by atoms with Crippen LogP contribution in [0, 0.1) is 163 Å². The number of nitrogens with zero attached hydrogens (tertiary/aromatic N) is 4. The van der Waals surface area contributed by atoms with E-state index in [4.69, 9.17) is 30.4 Å². The molecule has 0 aliphatic carbocycles. The molecule has 1 heterocycles. The predicted octanol–water partition coefficient (Wildman–Crippen LogP) is 17.2. The lowest BCUT2D eigenvalue weighted by Crippen LogP contribution is -2.16. The standard InChI is InChI=1S/C15H19NO5.C14H15NO4.C10H12N2O3.C10H13NO.C9H11NO3.C9H13NO.C8H10N2O2.C8H9NO3.C6H6O3.2CH4.B.FH.H2/c1-9-6-7-11(10(2)14(9)20-4)16-12(15(18)21-5)8-13(17)19-3;1-7-5-9-11(16)6-10(14(17)19-4)15-12(9)8(2)13(7)18-3;1-6-4-5-9(12(14)15)7(2)10(6)11-8(3)13;1-7-5-4-6-8(2)10(7)11-9(3)12;1-6-4-5-8(10(11)12)7(2)9(6)13-3;1-6-4-5-8(10)7(2)9(6)11-3;1-5-3-4-7(10(11)12)6(2)8(5)9;1-5-3-4-7(9(11)12)6(2)8(5)10;1-5(7)3-4-6(8)9-2;;;;;/h6-8,16H,1-5H3;5-6H,1-4H3,(H,15,16);4-5H,1-3H3,(H,11,13);4-6H,1-3H3,(H,11,12);4-5H,1-3H3;4-5H,10H2,1-3H3;3-4H,9H2,1-2H3;3-4,10H,1-2H3;1-2H3;2*1H4;;2*1H/b12-8-;;;;;;;;;;;;;/i;;;;;;;;;;;;;1+1. The minimum atomic E-state index is -0.690. The van der Waals surface area contributed by atoms with Crippen molar-refractivity contribution in [2.24, 2.45) is 0 Å². The Kier molecular flexibility index (Phi) is 53.2. The summed E-state index contributed by atoms with van der Waals surface area (Å²) in [6.45, 7) is 33.2. The number of para-hydroxylation sites is 1. The van der Waals surface area contributed by atoms with E-state index in [1.165, 1.54) is 99.6 Å². The number of anilines is 5. The third-order valence-electron chi connectivity index (χ3n) is 18.0. The first kappa shape index (κ1) is 119. The first-order valence-corrected chi connectivity index (χ1v) is 37.1. The number of Topliss-reactive ketones (excluding diaryl/α,β-unsaturated/α-hetero) is 1. The van der Waals surface area contributed by atoms with Crippen molar-refractivity contribution in [2.45, 2.75) is 146 Å². The highest BCUT2D eigenvalue weighted by Gasteiger charge is 2.22. The Balaban J connectivity index is -0.000000449. The number of methoxy groups -OCH3 is 8. The Bertz CT molecular complexity index is 5540. The van der Waals surface area contributed by atoms with E-state index in [2.05, 4.69) is 39.9 Å². The van der Waals surface area contributed by atoms with Crippen LogP contribution in [0.15, 0.2) is 120 Å². The van der Waals surface area contributed by atoms with Crippen molar-refractivity contribution < 1.29 is 102 Å². The van der Waals surface area contributed by atoms with Crippen LogP contribution in [-0.4, -0.2) is 137 Å². The average molecular weight is 1780 g/mol. The van der Waals surface area contributed by atoms with E-state index in [0.29, 0.717) is 73.0 Å². The normalized spacial score (nSPS) is 9.54. The van der Waals surface area contributed by atoms with Gasteiger partial charge in [0.25, 0.3) is 22.7 Å². The lowest BCUT2D eigenvalue weighted by molar-refractivity contribution is -0.385. The minimum absolute atomic E-state index is 0. The Hall–Kier alpha value is -15.2. The number of pyridine rings is 1. The van der Waals surface area contributed by atoms with Gasteiger partial charge in [-0.2, -0.15) is 0 Å². The molecule has 0 saturated carbocycles. The van der Waals surface area contributed by atoms with Gasteiger partial charge in [-0.05, 0) is 197 Å². The second-order valence-electron chi connectivity index (χ2n) is 27.0. The first-order valence-electron chi connectivity index (χ1n) is 37.1. The highest BCUT2D eigenvalue weighted by Crippen LogP contribution is 2.35. The quantitative estimate of drug-likeness (QED) is 0.00479. The highest BCUT2D eigenvalue weighted by molar-refractivity contribution is 6.01. The number of aryl methyl sites for hydroxylation is 10. The van der Waals surface area contributed by atoms with Gasteiger partial charge in [0.15, 0.2) is 5.43 Å². The predicted molar refractivity (Wildman–Crippen MR) is 499 cm³/mol. The Morgan fingerprint density at radius 2 is 0.844 bits per heavy atom. The van der Waals surface area contributed by atoms with Crippen LogP contribution in [-0.2, 0) is 47.7 Å². The fourth-order valence-electron chi connectivity index (χ4n) is 11.4. The molecule has 1 aromatic heterocycles. The summed E-state index contributed by atoms with van der Waals surface area (Å²) in [6, 6.07) is 28.7. The number of nitrogens with two attached hydrogens (primary N) is 2. The lowest BCUT2D eigenvalue weighted by Gasteiger charge is -2.15. The molecule has 35 nitrogen and oxygen atoms in total. The lowest BCUT2D eigenvalue weighted by atomic mass is 10.0. The summed E-state index contributed by atoms with van der Waals surface area (Å²) in [5, 5.41) is 60.2. The van der Waals surface area contributed by atoms with Crippen molar-refractivity contribution in [3.05, 3.63) is 260 Å². The average Bonchev–Trinajstić information content (AvgIpc) is 0.770. The number of halogens is 1. The van der Waals surface area contributed by atoms with Crippen LogP contribution >= 0.6 is 0 Å². The number of hydrogen-bond donors (Lipinski definition) is 7. The summed E-state index contributed by atoms with van der Waals surface area (Å²) in [5.74, 6) is 3.72. The van der Waals surface area contributed by atoms with Crippen LogP contribution in [0.3, 0.4) is 0 Å². The van der Waals surface area contributed by atoms with Gasteiger partial charge >= 0.3 is 23.9 Å². The number of amides is 2.